The number of rotatable bonds is 5. The van der Waals surface area contributed by atoms with Crippen molar-refractivity contribution in [1.82, 2.24) is 0 Å². The summed E-state index contributed by atoms with van der Waals surface area (Å²) in [6.45, 7) is 9.03. The van der Waals surface area contributed by atoms with Gasteiger partial charge in [0.2, 0.25) is 0 Å². The highest BCUT2D eigenvalue weighted by Crippen LogP contribution is 2.96. The highest BCUT2D eigenvalue weighted by molar-refractivity contribution is 5.37. The SMILES string of the molecule is CC1(C)C2CC1(C13CCC(CC1)C3)C(C)(C13CCC(CC1)C3)C(C1CCCCC1)(C1CCCC1)C2C1CC1. The predicted octanol–water partition coefficient (Wildman–Crippen LogP) is 11.0. The minimum absolute atomic E-state index is 0.570. The van der Waals surface area contributed by atoms with Gasteiger partial charge in [-0.2, -0.15) is 0 Å². The zero-order valence-electron chi connectivity index (χ0n) is 25.6. The van der Waals surface area contributed by atoms with Gasteiger partial charge in [-0.15, -0.1) is 0 Å². The van der Waals surface area contributed by atoms with Crippen molar-refractivity contribution < 1.29 is 0 Å². The largest absolute Gasteiger partial charge is 0.0591 e. The van der Waals surface area contributed by atoms with Crippen LogP contribution in [0.4, 0.5) is 0 Å². The molecule has 10 rings (SSSR count). The maximum Gasteiger partial charge on any atom is -0.0119 e. The standard InChI is InChI=1S/C38H60/c1-33(2)31-25-37(33,36-21-17-27(24-36)18-22-36)34(3,35-19-15-26(23-35)16-20-35)38(30-11-7-8-12-30,32(31)28-13-14-28)29-9-5-4-6-10-29/h26-32H,4-25H2,1-3H3. The van der Waals surface area contributed by atoms with E-state index in [0.717, 1.165) is 41.4 Å². The van der Waals surface area contributed by atoms with Crippen LogP contribution < -0.4 is 0 Å². The summed E-state index contributed by atoms with van der Waals surface area (Å²) in [5.41, 5.74) is 3.85. The minimum atomic E-state index is 0.570. The molecular weight excluding hydrogens is 456 g/mol. The van der Waals surface area contributed by atoms with Crippen LogP contribution in [0.2, 0.25) is 0 Å². The third-order valence-corrected chi connectivity index (χ3v) is 18.1. The van der Waals surface area contributed by atoms with Crippen molar-refractivity contribution in [2.45, 2.75) is 162 Å². The van der Waals surface area contributed by atoms with Gasteiger partial charge in [-0.05, 0) is 183 Å². The lowest BCUT2D eigenvalue weighted by Crippen LogP contribution is -2.85. The molecule has 0 aromatic heterocycles. The second-order valence-corrected chi connectivity index (χ2v) is 18.5. The third kappa shape index (κ3) is 2.46. The molecule has 0 spiro atoms. The van der Waals surface area contributed by atoms with E-state index < -0.39 is 0 Å². The summed E-state index contributed by atoms with van der Waals surface area (Å²) in [6, 6.07) is 0. The van der Waals surface area contributed by atoms with Crippen molar-refractivity contribution in [3.63, 3.8) is 0 Å². The molecule has 0 amide bonds. The van der Waals surface area contributed by atoms with E-state index >= 15 is 0 Å². The fourth-order valence-corrected chi connectivity index (χ4v) is 17.4. The van der Waals surface area contributed by atoms with Gasteiger partial charge >= 0.3 is 0 Å². The quantitative estimate of drug-likeness (QED) is 0.341. The summed E-state index contributed by atoms with van der Waals surface area (Å²) in [7, 11) is 0. The molecule has 10 saturated carbocycles. The average molecular weight is 517 g/mol. The molecule has 5 atom stereocenters. The molecule has 0 nitrogen and oxygen atoms in total. The van der Waals surface area contributed by atoms with E-state index in [4.69, 9.17) is 0 Å². The molecule has 0 heteroatoms. The zero-order chi connectivity index (χ0) is 25.6. The minimum Gasteiger partial charge on any atom is -0.0591 e. The topological polar surface area (TPSA) is 0 Å². The Morgan fingerprint density at radius 2 is 1.00 bits per heavy atom. The molecule has 212 valence electrons. The van der Waals surface area contributed by atoms with E-state index in [9.17, 15) is 0 Å². The van der Waals surface area contributed by atoms with E-state index in [1.54, 1.807) is 141 Å². The maximum atomic E-state index is 3.18. The summed E-state index contributed by atoms with van der Waals surface area (Å²) in [5.74, 6) is 7.56. The lowest BCUT2D eigenvalue weighted by atomic mass is 9.14. The van der Waals surface area contributed by atoms with Crippen LogP contribution in [-0.2, 0) is 0 Å². The Morgan fingerprint density at radius 1 is 0.500 bits per heavy atom. The molecular formula is C38H60. The van der Waals surface area contributed by atoms with Gasteiger partial charge in [0.25, 0.3) is 0 Å². The molecule has 0 radical (unpaired) electrons. The van der Waals surface area contributed by atoms with Gasteiger partial charge in [0.05, 0.1) is 0 Å². The molecule has 10 aliphatic carbocycles. The van der Waals surface area contributed by atoms with Gasteiger partial charge in [-0.1, -0.05) is 52.9 Å². The van der Waals surface area contributed by atoms with E-state index in [2.05, 4.69) is 20.8 Å². The van der Waals surface area contributed by atoms with E-state index in [1.165, 1.54) is 0 Å². The normalized spacial score (nSPS) is 57.6. The van der Waals surface area contributed by atoms with Crippen LogP contribution in [0.3, 0.4) is 0 Å². The van der Waals surface area contributed by atoms with E-state index in [0.29, 0.717) is 32.5 Å². The Balaban J connectivity index is 1.36. The van der Waals surface area contributed by atoms with Crippen LogP contribution in [-0.4, -0.2) is 0 Å². The third-order valence-electron chi connectivity index (χ3n) is 18.1. The van der Waals surface area contributed by atoms with Crippen LogP contribution in [0.25, 0.3) is 0 Å². The molecule has 0 aliphatic heterocycles. The van der Waals surface area contributed by atoms with Crippen LogP contribution >= 0.6 is 0 Å². The molecule has 6 bridgehead atoms. The molecule has 0 saturated heterocycles. The second kappa shape index (κ2) is 7.68. The summed E-state index contributed by atoms with van der Waals surface area (Å²) >= 11 is 0. The van der Waals surface area contributed by atoms with Crippen LogP contribution in [0.1, 0.15) is 162 Å². The maximum absolute atomic E-state index is 3.18. The highest BCUT2D eigenvalue weighted by atomic mass is 14.9. The van der Waals surface area contributed by atoms with Gasteiger partial charge in [-0.25, -0.2) is 0 Å². The molecule has 38 heavy (non-hydrogen) atoms. The zero-order valence-corrected chi connectivity index (χ0v) is 25.6. The number of hydrogen-bond acceptors (Lipinski definition) is 0. The molecule has 5 unspecified atom stereocenters. The fraction of sp³-hybridized carbons (Fsp3) is 1.00. The van der Waals surface area contributed by atoms with Gasteiger partial charge in [0.1, 0.15) is 0 Å². The lowest BCUT2D eigenvalue weighted by molar-refractivity contribution is -0.425. The van der Waals surface area contributed by atoms with Crippen LogP contribution in [0.5, 0.6) is 0 Å². The van der Waals surface area contributed by atoms with Crippen molar-refractivity contribution in [3.05, 3.63) is 0 Å². The summed E-state index contributed by atoms with van der Waals surface area (Å²) in [6.07, 6.45) is 35.4. The van der Waals surface area contributed by atoms with Gasteiger partial charge in [0.15, 0.2) is 0 Å². The van der Waals surface area contributed by atoms with E-state index in [-0.39, 0.29) is 0 Å². The fourth-order valence-electron chi connectivity index (χ4n) is 17.4. The predicted molar refractivity (Wildman–Crippen MR) is 158 cm³/mol. The van der Waals surface area contributed by atoms with E-state index in [1.807, 2.05) is 0 Å². The summed E-state index contributed by atoms with van der Waals surface area (Å²) in [5, 5.41) is 0. The second-order valence-electron chi connectivity index (χ2n) is 18.5. The van der Waals surface area contributed by atoms with Crippen molar-refractivity contribution in [2.75, 3.05) is 0 Å². The first-order valence-electron chi connectivity index (χ1n) is 18.4. The van der Waals surface area contributed by atoms with Crippen molar-refractivity contribution >= 4 is 0 Å². The first-order chi connectivity index (χ1) is 18.4. The average Bonchev–Trinajstić information content (AvgIpc) is 3.47. The highest BCUT2D eigenvalue weighted by Gasteiger charge is 2.90. The molecule has 0 heterocycles. The molecule has 0 aromatic carbocycles. The Bertz CT molecular complexity index is 956. The Labute approximate surface area is 235 Å². The molecule has 0 aromatic rings. The molecule has 10 aliphatic rings. The van der Waals surface area contributed by atoms with Crippen LogP contribution in [0, 0.1) is 73.9 Å². The van der Waals surface area contributed by atoms with Crippen LogP contribution in [0.15, 0.2) is 0 Å². The Kier molecular flexibility index (Phi) is 4.97. The Morgan fingerprint density at radius 3 is 1.45 bits per heavy atom. The molecule has 0 N–H and O–H groups in total. The van der Waals surface area contributed by atoms with Gasteiger partial charge in [0, 0.05) is 0 Å². The number of hydrogen-bond donors (Lipinski definition) is 0. The summed E-state index contributed by atoms with van der Waals surface area (Å²) in [4.78, 5) is 0. The van der Waals surface area contributed by atoms with Crippen molar-refractivity contribution in [3.8, 4) is 0 Å². The monoisotopic (exact) mass is 516 g/mol. The Hall–Kier alpha value is 0. The lowest BCUT2D eigenvalue weighted by Gasteiger charge is -2.90. The van der Waals surface area contributed by atoms with Crippen molar-refractivity contribution in [2.24, 2.45) is 73.9 Å². The number of fused-ring (bicyclic) bond motifs is 7. The first kappa shape index (κ1) is 24.6. The van der Waals surface area contributed by atoms with Crippen molar-refractivity contribution in [1.29, 1.82) is 0 Å². The van der Waals surface area contributed by atoms with Gasteiger partial charge < -0.3 is 0 Å². The summed E-state index contributed by atoms with van der Waals surface area (Å²) < 4.78 is 0. The molecule has 10 fully saturated rings. The first-order valence-corrected chi connectivity index (χ1v) is 18.4. The smallest absolute Gasteiger partial charge is 0.0119 e. The van der Waals surface area contributed by atoms with Gasteiger partial charge in [-0.3, -0.25) is 0 Å².